The lowest BCUT2D eigenvalue weighted by Crippen LogP contribution is -2.10. The van der Waals surface area contributed by atoms with Gasteiger partial charge in [0, 0.05) is 16.8 Å². The van der Waals surface area contributed by atoms with Crippen molar-refractivity contribution in [2.45, 2.75) is 13.8 Å². The maximum absolute atomic E-state index is 2.41. The van der Waals surface area contributed by atoms with Gasteiger partial charge in [-0.15, -0.1) is 0 Å². The van der Waals surface area contributed by atoms with E-state index in [-0.39, 0.29) is 0 Å². The maximum Gasteiger partial charge on any atom is 0.0546 e. The zero-order chi connectivity index (χ0) is 28.9. The highest BCUT2D eigenvalue weighted by Crippen LogP contribution is 2.46. The number of nitrogens with zero attached hydrogens (tertiary/aromatic N) is 1. The largest absolute Gasteiger partial charge is 0.310 e. The second-order valence-electron chi connectivity index (χ2n) is 11.5. The number of anilines is 3. The summed E-state index contributed by atoms with van der Waals surface area (Å²) >= 11 is 0. The van der Waals surface area contributed by atoms with Crippen LogP contribution >= 0.6 is 0 Å². The molecule has 43 heavy (non-hydrogen) atoms. The SMILES string of the molecule is Cc1ccc(N(c2ccc(C)cc2)c2cc3cc(-c4cccc5ccccc45)c4ccccc4c3c3ccccc23)cc1. The Labute approximate surface area is 252 Å². The van der Waals surface area contributed by atoms with Crippen LogP contribution in [0.5, 0.6) is 0 Å². The van der Waals surface area contributed by atoms with Crippen molar-refractivity contribution in [1.82, 2.24) is 0 Å². The topological polar surface area (TPSA) is 3.24 Å². The van der Waals surface area contributed by atoms with Crippen molar-refractivity contribution >= 4 is 60.2 Å². The van der Waals surface area contributed by atoms with Gasteiger partial charge in [-0.05, 0) is 99.1 Å². The fourth-order valence-electron chi connectivity index (χ4n) is 6.64. The molecule has 0 bridgehead atoms. The summed E-state index contributed by atoms with van der Waals surface area (Å²) in [5.41, 5.74) is 8.50. The third-order valence-electron chi connectivity index (χ3n) is 8.74. The van der Waals surface area contributed by atoms with Gasteiger partial charge in [-0.2, -0.15) is 0 Å². The van der Waals surface area contributed by atoms with Crippen molar-refractivity contribution in [3.8, 4) is 11.1 Å². The van der Waals surface area contributed by atoms with E-state index < -0.39 is 0 Å². The van der Waals surface area contributed by atoms with E-state index in [0.717, 1.165) is 11.4 Å². The molecule has 0 aliphatic carbocycles. The number of aryl methyl sites for hydroxylation is 2. The molecule has 8 rings (SSSR count). The first-order valence-electron chi connectivity index (χ1n) is 14.9. The fourth-order valence-corrected chi connectivity index (χ4v) is 6.64. The van der Waals surface area contributed by atoms with Crippen LogP contribution in [0, 0.1) is 13.8 Å². The number of hydrogen-bond donors (Lipinski definition) is 0. The van der Waals surface area contributed by atoms with Gasteiger partial charge >= 0.3 is 0 Å². The third-order valence-corrected chi connectivity index (χ3v) is 8.74. The summed E-state index contributed by atoms with van der Waals surface area (Å²) < 4.78 is 0. The van der Waals surface area contributed by atoms with Crippen LogP contribution in [0.25, 0.3) is 54.2 Å². The Morgan fingerprint density at radius 2 is 0.884 bits per heavy atom. The van der Waals surface area contributed by atoms with Gasteiger partial charge in [0.1, 0.15) is 0 Å². The van der Waals surface area contributed by atoms with Crippen molar-refractivity contribution in [3.63, 3.8) is 0 Å². The Bertz CT molecular complexity index is 2240. The summed E-state index contributed by atoms with van der Waals surface area (Å²) in [7, 11) is 0. The van der Waals surface area contributed by atoms with Gasteiger partial charge in [0.05, 0.1) is 5.69 Å². The van der Waals surface area contributed by atoms with Crippen molar-refractivity contribution in [1.29, 1.82) is 0 Å². The zero-order valence-electron chi connectivity index (χ0n) is 24.4. The molecular weight excluding hydrogens is 518 g/mol. The summed E-state index contributed by atoms with van der Waals surface area (Å²) in [5, 5.41) is 10.1. The maximum atomic E-state index is 2.41. The Morgan fingerprint density at radius 1 is 0.372 bits per heavy atom. The number of benzene rings is 8. The Morgan fingerprint density at radius 3 is 1.53 bits per heavy atom. The van der Waals surface area contributed by atoms with Crippen molar-refractivity contribution in [2.24, 2.45) is 0 Å². The van der Waals surface area contributed by atoms with Crippen molar-refractivity contribution in [3.05, 3.63) is 163 Å². The first kappa shape index (κ1) is 25.3. The number of fused-ring (bicyclic) bond motifs is 6. The molecule has 8 aromatic rings. The van der Waals surface area contributed by atoms with E-state index in [4.69, 9.17) is 0 Å². The molecule has 0 aliphatic rings. The monoisotopic (exact) mass is 549 g/mol. The molecule has 0 N–H and O–H groups in total. The molecule has 8 aromatic carbocycles. The van der Waals surface area contributed by atoms with E-state index in [9.17, 15) is 0 Å². The average molecular weight is 550 g/mol. The van der Waals surface area contributed by atoms with E-state index in [1.807, 2.05) is 0 Å². The minimum absolute atomic E-state index is 1.15. The quantitative estimate of drug-likeness (QED) is 0.197. The van der Waals surface area contributed by atoms with Crippen LogP contribution in [0.2, 0.25) is 0 Å². The van der Waals surface area contributed by atoms with Gasteiger partial charge in [0.2, 0.25) is 0 Å². The molecular formula is C42H31N. The van der Waals surface area contributed by atoms with E-state index in [2.05, 4.69) is 170 Å². The number of hydrogen-bond acceptors (Lipinski definition) is 1. The molecule has 204 valence electrons. The second kappa shape index (κ2) is 10.2. The lowest BCUT2D eigenvalue weighted by atomic mass is 9.88. The minimum Gasteiger partial charge on any atom is -0.310 e. The van der Waals surface area contributed by atoms with E-state index in [0.29, 0.717) is 0 Å². The van der Waals surface area contributed by atoms with Crippen LogP contribution in [0.4, 0.5) is 17.1 Å². The van der Waals surface area contributed by atoms with Crippen LogP contribution in [0.15, 0.2) is 152 Å². The molecule has 1 nitrogen and oxygen atoms in total. The summed E-state index contributed by atoms with van der Waals surface area (Å²) in [4.78, 5) is 2.41. The van der Waals surface area contributed by atoms with Crippen molar-refractivity contribution in [2.75, 3.05) is 4.90 Å². The van der Waals surface area contributed by atoms with Crippen LogP contribution in [-0.4, -0.2) is 0 Å². The highest BCUT2D eigenvalue weighted by molar-refractivity contribution is 6.26. The van der Waals surface area contributed by atoms with E-state index >= 15 is 0 Å². The Balaban J connectivity index is 1.50. The highest BCUT2D eigenvalue weighted by atomic mass is 15.1. The molecule has 0 radical (unpaired) electrons. The molecule has 0 aliphatic heterocycles. The van der Waals surface area contributed by atoms with Gasteiger partial charge in [-0.25, -0.2) is 0 Å². The standard InChI is InChI=1S/C42H31N/c1-28-18-22-32(23-19-28)43(33-24-20-29(2)21-25-33)41-27-31-26-40(35-17-9-11-30-10-3-4-12-34(30)35)36-13-5-7-15-38(36)42(31)39-16-8-6-14-37(39)41/h3-27H,1-2H3. The third kappa shape index (κ3) is 4.24. The zero-order valence-corrected chi connectivity index (χ0v) is 24.4. The lowest BCUT2D eigenvalue weighted by Gasteiger charge is -2.28. The van der Waals surface area contributed by atoms with Crippen LogP contribution in [0.1, 0.15) is 11.1 Å². The Kier molecular flexibility index (Phi) is 5.98. The van der Waals surface area contributed by atoms with Gasteiger partial charge in [-0.3, -0.25) is 0 Å². The summed E-state index contributed by atoms with van der Waals surface area (Å²) in [5.74, 6) is 0. The minimum atomic E-state index is 1.15. The molecule has 0 heterocycles. The molecule has 0 saturated carbocycles. The van der Waals surface area contributed by atoms with Crippen LogP contribution in [0.3, 0.4) is 0 Å². The number of rotatable bonds is 4. The predicted octanol–water partition coefficient (Wildman–Crippen LogP) is 12.1. The summed E-state index contributed by atoms with van der Waals surface area (Å²) in [6.07, 6.45) is 0. The first-order valence-corrected chi connectivity index (χ1v) is 14.9. The lowest BCUT2D eigenvalue weighted by molar-refractivity contribution is 1.28. The molecule has 0 saturated heterocycles. The highest BCUT2D eigenvalue weighted by Gasteiger charge is 2.19. The average Bonchev–Trinajstić information content (AvgIpc) is 3.06. The molecule has 0 atom stereocenters. The predicted molar refractivity (Wildman–Crippen MR) is 186 cm³/mol. The molecule has 0 amide bonds. The first-order chi connectivity index (χ1) is 21.2. The smallest absolute Gasteiger partial charge is 0.0546 e. The Hall–Kier alpha value is -5.40. The molecule has 0 fully saturated rings. The van der Waals surface area contributed by atoms with Gasteiger partial charge in [0.25, 0.3) is 0 Å². The summed E-state index contributed by atoms with van der Waals surface area (Å²) in [6, 6.07) is 55.7. The van der Waals surface area contributed by atoms with Crippen LogP contribution in [-0.2, 0) is 0 Å². The normalized spacial score (nSPS) is 11.5. The van der Waals surface area contributed by atoms with Crippen molar-refractivity contribution < 1.29 is 0 Å². The molecule has 0 aromatic heterocycles. The van der Waals surface area contributed by atoms with Gasteiger partial charge in [-0.1, -0.05) is 126 Å². The second-order valence-corrected chi connectivity index (χ2v) is 11.5. The molecule has 1 heteroatoms. The van der Waals surface area contributed by atoms with Gasteiger partial charge < -0.3 is 4.90 Å². The van der Waals surface area contributed by atoms with E-state index in [1.54, 1.807) is 0 Å². The van der Waals surface area contributed by atoms with Gasteiger partial charge in [0.15, 0.2) is 0 Å². The molecule has 0 unspecified atom stereocenters. The summed E-state index contributed by atoms with van der Waals surface area (Å²) in [6.45, 7) is 4.29. The van der Waals surface area contributed by atoms with E-state index in [1.165, 1.54) is 71.0 Å². The fraction of sp³-hybridized carbons (Fsp3) is 0.0476. The van der Waals surface area contributed by atoms with Crippen LogP contribution < -0.4 is 4.90 Å². The molecule has 0 spiro atoms.